The van der Waals surface area contributed by atoms with Crippen molar-refractivity contribution in [1.82, 2.24) is 0 Å². The average molecular weight is 444 g/mol. The zero-order chi connectivity index (χ0) is 23.6. The largest absolute Gasteiger partial charge is 0.289 e. The van der Waals surface area contributed by atoms with Crippen LogP contribution in [0.5, 0.6) is 0 Å². The van der Waals surface area contributed by atoms with E-state index in [2.05, 4.69) is 84.0 Å². The normalized spacial score (nSPS) is 15.2. The molecule has 0 aromatic heterocycles. The van der Waals surface area contributed by atoms with Crippen molar-refractivity contribution in [3.05, 3.63) is 84.0 Å². The fraction of sp³-hybridized carbons (Fsp3) is 0.345. The first-order chi connectivity index (χ1) is 15.0. The van der Waals surface area contributed by atoms with Crippen molar-refractivity contribution in [2.75, 3.05) is 6.16 Å². The maximum atomic E-state index is 14.2. The Morgan fingerprint density at radius 2 is 1.28 bits per heavy atom. The molecule has 0 radical (unpaired) electrons. The molecule has 0 saturated carbocycles. The molecular formula is C29H34NOP. The van der Waals surface area contributed by atoms with Crippen LogP contribution >= 0.6 is 6.89 Å². The SMILES string of the molecule is CC(C)(C)C1=CC(=P(CCC#N)(c2ccccc2)c2ccccc2)C(=O)C(C(C)(C)C)=C1. The minimum atomic E-state index is -2.34. The second kappa shape index (κ2) is 9.09. The van der Waals surface area contributed by atoms with Gasteiger partial charge in [-0.1, -0.05) is 108 Å². The highest BCUT2D eigenvalue weighted by molar-refractivity contribution is 7.91. The van der Waals surface area contributed by atoms with E-state index in [1.165, 1.54) is 5.57 Å². The summed E-state index contributed by atoms with van der Waals surface area (Å²) in [7, 11) is 0. The number of nitrogens with zero attached hydrogens (tertiary/aromatic N) is 1. The molecule has 0 unspecified atom stereocenters. The van der Waals surface area contributed by atoms with E-state index in [-0.39, 0.29) is 16.6 Å². The molecule has 0 fully saturated rings. The third kappa shape index (κ3) is 4.60. The molecule has 166 valence electrons. The standard InChI is InChI=1S/C29H34NOP/c1-28(2,3)22-20-25(29(4,5)6)27(31)26(21-22)32(19-13-18-30,23-14-9-7-10-15-23)24-16-11-8-12-17-24/h7-12,14-17,20-21H,13,19H2,1-6H3. The van der Waals surface area contributed by atoms with Crippen molar-refractivity contribution in [3.8, 4) is 6.07 Å². The number of ketones is 1. The summed E-state index contributed by atoms with van der Waals surface area (Å²) in [6.45, 7) is 10.6. The van der Waals surface area contributed by atoms with Gasteiger partial charge in [0.25, 0.3) is 0 Å². The molecule has 0 heterocycles. The van der Waals surface area contributed by atoms with Crippen molar-refractivity contribution in [1.29, 1.82) is 5.26 Å². The van der Waals surface area contributed by atoms with Gasteiger partial charge in [0.2, 0.25) is 0 Å². The van der Waals surface area contributed by atoms with Crippen LogP contribution in [0.1, 0.15) is 48.0 Å². The molecule has 0 aliphatic heterocycles. The van der Waals surface area contributed by atoms with Crippen LogP contribution in [-0.4, -0.2) is 17.2 Å². The molecule has 0 N–H and O–H groups in total. The van der Waals surface area contributed by atoms with Gasteiger partial charge in [-0.15, -0.1) is 0 Å². The van der Waals surface area contributed by atoms with E-state index in [0.717, 1.165) is 21.5 Å². The lowest BCUT2D eigenvalue weighted by atomic mass is 9.75. The minimum absolute atomic E-state index is 0.0965. The molecule has 3 rings (SSSR count). The van der Waals surface area contributed by atoms with E-state index in [9.17, 15) is 10.1 Å². The minimum Gasteiger partial charge on any atom is -0.289 e. The molecule has 1 aliphatic rings. The molecule has 0 saturated heterocycles. The topological polar surface area (TPSA) is 40.9 Å². The van der Waals surface area contributed by atoms with Gasteiger partial charge in [0, 0.05) is 17.3 Å². The van der Waals surface area contributed by atoms with Crippen LogP contribution in [0.3, 0.4) is 0 Å². The zero-order valence-electron chi connectivity index (χ0n) is 20.1. The number of benzene rings is 2. The van der Waals surface area contributed by atoms with Gasteiger partial charge in [0.15, 0.2) is 5.78 Å². The number of carbonyl (C=O) groups is 1. The maximum Gasteiger partial charge on any atom is 0.190 e. The van der Waals surface area contributed by atoms with Crippen LogP contribution in [0.25, 0.3) is 0 Å². The first kappa shape index (κ1) is 24.0. The summed E-state index contributed by atoms with van der Waals surface area (Å²) >= 11 is 0. The van der Waals surface area contributed by atoms with E-state index in [1.807, 2.05) is 36.4 Å². The Morgan fingerprint density at radius 1 is 0.781 bits per heavy atom. The highest BCUT2D eigenvalue weighted by Gasteiger charge is 2.37. The van der Waals surface area contributed by atoms with Crippen molar-refractivity contribution >= 4 is 28.6 Å². The molecular weight excluding hydrogens is 409 g/mol. The van der Waals surface area contributed by atoms with Gasteiger partial charge in [-0.25, -0.2) is 0 Å². The van der Waals surface area contributed by atoms with Gasteiger partial charge >= 0.3 is 0 Å². The fourth-order valence-electron chi connectivity index (χ4n) is 4.28. The van der Waals surface area contributed by atoms with Gasteiger partial charge in [-0.05, 0) is 46.1 Å². The first-order valence-electron chi connectivity index (χ1n) is 11.2. The number of hydrogen-bond acceptors (Lipinski definition) is 2. The molecule has 0 atom stereocenters. The Balaban J connectivity index is 2.55. The van der Waals surface area contributed by atoms with Crippen molar-refractivity contribution in [2.45, 2.75) is 48.0 Å². The number of Topliss-reactive ketones (excluding diaryl/α,β-unsaturated/α-hetero) is 1. The molecule has 0 amide bonds. The summed E-state index contributed by atoms with van der Waals surface area (Å²) in [6.07, 6.45) is 5.33. The molecule has 2 aromatic carbocycles. The van der Waals surface area contributed by atoms with Crippen molar-refractivity contribution in [3.63, 3.8) is 0 Å². The van der Waals surface area contributed by atoms with Crippen LogP contribution in [0, 0.1) is 22.2 Å². The second-order valence-corrected chi connectivity index (χ2v) is 14.1. The summed E-state index contributed by atoms with van der Waals surface area (Å²) in [4.78, 5) is 14.2. The number of carbonyl (C=O) groups excluding carboxylic acids is 1. The Kier molecular flexibility index (Phi) is 6.83. The van der Waals surface area contributed by atoms with Crippen molar-refractivity contribution in [2.24, 2.45) is 10.8 Å². The highest BCUT2D eigenvalue weighted by Crippen LogP contribution is 2.51. The molecule has 2 nitrogen and oxygen atoms in total. The molecule has 32 heavy (non-hydrogen) atoms. The van der Waals surface area contributed by atoms with E-state index in [1.54, 1.807) is 0 Å². The van der Waals surface area contributed by atoms with Crippen LogP contribution in [0.4, 0.5) is 0 Å². The molecule has 0 spiro atoms. The Hall–Kier alpha value is -2.62. The summed E-state index contributed by atoms with van der Waals surface area (Å²) < 4.78 is 0. The molecule has 3 heteroatoms. The molecule has 2 aromatic rings. The van der Waals surface area contributed by atoms with Gasteiger partial charge in [-0.2, -0.15) is 5.26 Å². The summed E-state index contributed by atoms with van der Waals surface area (Å²) in [5.74, 6) is 0.129. The van der Waals surface area contributed by atoms with Crippen LogP contribution in [0.2, 0.25) is 0 Å². The number of hydrogen-bond donors (Lipinski definition) is 0. The average Bonchev–Trinajstić information content (AvgIpc) is 2.75. The fourth-order valence-corrected chi connectivity index (χ4v) is 8.51. The maximum absolute atomic E-state index is 14.2. The lowest BCUT2D eigenvalue weighted by Crippen LogP contribution is -2.34. The van der Waals surface area contributed by atoms with E-state index >= 15 is 0 Å². The number of nitriles is 1. The van der Waals surface area contributed by atoms with Crippen molar-refractivity contribution < 1.29 is 4.79 Å². The van der Waals surface area contributed by atoms with E-state index in [0.29, 0.717) is 12.6 Å². The highest BCUT2D eigenvalue weighted by atomic mass is 31.2. The predicted molar refractivity (Wildman–Crippen MR) is 139 cm³/mol. The third-order valence-corrected chi connectivity index (χ3v) is 10.5. The number of rotatable bonds is 4. The second-order valence-electron chi connectivity index (χ2n) is 10.5. The van der Waals surface area contributed by atoms with Crippen LogP contribution in [-0.2, 0) is 4.79 Å². The van der Waals surface area contributed by atoms with Crippen LogP contribution < -0.4 is 10.6 Å². The Labute approximate surface area is 193 Å². The third-order valence-electron chi connectivity index (χ3n) is 6.11. The van der Waals surface area contributed by atoms with E-state index in [4.69, 9.17) is 0 Å². The molecule has 0 bridgehead atoms. The summed E-state index contributed by atoms with van der Waals surface area (Å²) in [5, 5.41) is 12.8. The first-order valence-corrected chi connectivity index (χ1v) is 13.2. The van der Waals surface area contributed by atoms with Gasteiger partial charge in [0.1, 0.15) is 0 Å². The number of allylic oxidation sites excluding steroid dienone is 4. The monoisotopic (exact) mass is 443 g/mol. The lowest BCUT2D eigenvalue weighted by molar-refractivity contribution is -0.110. The predicted octanol–water partition coefficient (Wildman–Crippen LogP) is 6.27. The smallest absolute Gasteiger partial charge is 0.190 e. The quantitative estimate of drug-likeness (QED) is 0.523. The Bertz CT molecular complexity index is 1100. The van der Waals surface area contributed by atoms with Gasteiger partial charge < -0.3 is 0 Å². The lowest BCUT2D eigenvalue weighted by Gasteiger charge is -2.36. The Morgan fingerprint density at radius 3 is 1.69 bits per heavy atom. The van der Waals surface area contributed by atoms with Crippen LogP contribution in [0.15, 0.2) is 84.0 Å². The van der Waals surface area contributed by atoms with E-state index < -0.39 is 6.89 Å². The van der Waals surface area contributed by atoms with Gasteiger partial charge in [-0.3, -0.25) is 4.79 Å². The van der Waals surface area contributed by atoms with Gasteiger partial charge in [0.05, 0.1) is 6.07 Å². The summed E-state index contributed by atoms with van der Waals surface area (Å²) in [6, 6.07) is 23.1. The molecule has 1 aliphatic carbocycles. The zero-order valence-corrected chi connectivity index (χ0v) is 21.0. The summed E-state index contributed by atoms with van der Waals surface area (Å²) in [5.41, 5.74) is 1.66.